The zero-order chi connectivity index (χ0) is 13.1. The Labute approximate surface area is 112 Å². The van der Waals surface area contributed by atoms with Gasteiger partial charge in [0.15, 0.2) is 0 Å². The summed E-state index contributed by atoms with van der Waals surface area (Å²) < 4.78 is 0.998. The molecule has 17 heavy (non-hydrogen) atoms. The van der Waals surface area contributed by atoms with Crippen LogP contribution in [0.1, 0.15) is 32.9 Å². The lowest BCUT2D eigenvalue weighted by atomic mass is 9.89. The fraction of sp³-hybridized carbons (Fsp3) is 0.615. The van der Waals surface area contributed by atoms with Gasteiger partial charge in [-0.3, -0.25) is 0 Å². The highest BCUT2D eigenvalue weighted by Crippen LogP contribution is 2.21. The van der Waals surface area contributed by atoms with Crippen molar-refractivity contribution in [2.75, 3.05) is 11.9 Å². The van der Waals surface area contributed by atoms with Crippen LogP contribution >= 0.6 is 15.9 Å². The third-order valence-corrected chi connectivity index (χ3v) is 3.23. The third kappa shape index (κ3) is 5.50. The fourth-order valence-electron chi connectivity index (χ4n) is 1.64. The molecule has 0 saturated heterocycles. The molecule has 0 saturated carbocycles. The number of aliphatic hydroxyl groups is 1. The summed E-state index contributed by atoms with van der Waals surface area (Å²) in [6.07, 6.45) is 0.427. The van der Waals surface area contributed by atoms with Crippen molar-refractivity contribution < 1.29 is 5.11 Å². The maximum absolute atomic E-state index is 9.87. The SMILES string of the molecule is Cc1nc(NCC(O)CC(C)(C)C)ccc1Br. The van der Waals surface area contributed by atoms with E-state index < -0.39 is 0 Å². The zero-order valence-corrected chi connectivity index (χ0v) is 12.5. The smallest absolute Gasteiger partial charge is 0.126 e. The Morgan fingerprint density at radius 2 is 2.06 bits per heavy atom. The quantitative estimate of drug-likeness (QED) is 0.896. The summed E-state index contributed by atoms with van der Waals surface area (Å²) in [7, 11) is 0. The van der Waals surface area contributed by atoms with Gasteiger partial charge in [0, 0.05) is 11.0 Å². The highest BCUT2D eigenvalue weighted by atomic mass is 79.9. The minimum Gasteiger partial charge on any atom is -0.391 e. The number of aryl methyl sites for hydroxylation is 1. The van der Waals surface area contributed by atoms with Gasteiger partial charge in [0.2, 0.25) is 0 Å². The average Bonchev–Trinajstić information content (AvgIpc) is 2.17. The Morgan fingerprint density at radius 1 is 1.41 bits per heavy atom. The molecule has 0 fully saturated rings. The first-order valence-electron chi connectivity index (χ1n) is 5.83. The van der Waals surface area contributed by atoms with Gasteiger partial charge in [-0.25, -0.2) is 4.98 Å². The Bertz CT molecular complexity index is 374. The summed E-state index contributed by atoms with van der Waals surface area (Å²) in [4.78, 5) is 4.37. The molecular formula is C13H21BrN2O. The normalized spacial score (nSPS) is 13.5. The minimum atomic E-state index is -0.347. The zero-order valence-electron chi connectivity index (χ0n) is 10.9. The largest absolute Gasteiger partial charge is 0.391 e. The molecule has 1 atom stereocenters. The van der Waals surface area contributed by atoms with Crippen molar-refractivity contribution in [2.45, 2.75) is 40.2 Å². The molecule has 2 N–H and O–H groups in total. The molecule has 1 unspecified atom stereocenters. The Kier molecular flexibility index (Phi) is 4.95. The van der Waals surface area contributed by atoms with Crippen molar-refractivity contribution in [3.8, 4) is 0 Å². The number of hydrogen-bond acceptors (Lipinski definition) is 3. The van der Waals surface area contributed by atoms with Crippen molar-refractivity contribution in [2.24, 2.45) is 5.41 Å². The lowest BCUT2D eigenvalue weighted by Gasteiger charge is -2.22. The molecule has 1 aromatic rings. The molecule has 1 heterocycles. The second kappa shape index (κ2) is 5.83. The molecule has 4 heteroatoms. The van der Waals surface area contributed by atoms with Crippen LogP contribution in [-0.4, -0.2) is 22.7 Å². The number of nitrogens with zero attached hydrogens (tertiary/aromatic N) is 1. The number of halogens is 1. The molecule has 1 aromatic heterocycles. The van der Waals surface area contributed by atoms with E-state index >= 15 is 0 Å². The maximum Gasteiger partial charge on any atom is 0.126 e. The topological polar surface area (TPSA) is 45.2 Å². The molecule has 0 radical (unpaired) electrons. The number of anilines is 1. The van der Waals surface area contributed by atoms with Gasteiger partial charge in [-0.1, -0.05) is 20.8 Å². The van der Waals surface area contributed by atoms with E-state index in [4.69, 9.17) is 0 Å². The van der Waals surface area contributed by atoms with Crippen molar-refractivity contribution >= 4 is 21.7 Å². The van der Waals surface area contributed by atoms with Crippen LogP contribution in [0, 0.1) is 12.3 Å². The summed E-state index contributed by atoms with van der Waals surface area (Å²) in [5, 5.41) is 13.0. The second-order valence-electron chi connectivity index (χ2n) is 5.56. The lowest BCUT2D eigenvalue weighted by Crippen LogP contribution is -2.25. The van der Waals surface area contributed by atoms with Crippen LogP contribution in [0.15, 0.2) is 16.6 Å². The van der Waals surface area contributed by atoms with E-state index in [0.717, 1.165) is 22.4 Å². The molecule has 1 rings (SSSR count). The van der Waals surface area contributed by atoms with Crippen molar-refractivity contribution in [3.05, 3.63) is 22.3 Å². The van der Waals surface area contributed by atoms with Crippen LogP contribution < -0.4 is 5.32 Å². The molecule has 0 aromatic carbocycles. The van der Waals surface area contributed by atoms with Crippen LogP contribution in [-0.2, 0) is 0 Å². The predicted molar refractivity (Wildman–Crippen MR) is 75.2 cm³/mol. The average molecular weight is 301 g/mol. The lowest BCUT2D eigenvalue weighted by molar-refractivity contribution is 0.132. The first-order valence-corrected chi connectivity index (χ1v) is 6.62. The summed E-state index contributed by atoms with van der Waals surface area (Å²) >= 11 is 3.41. The minimum absolute atomic E-state index is 0.143. The molecule has 96 valence electrons. The highest BCUT2D eigenvalue weighted by molar-refractivity contribution is 9.10. The third-order valence-electron chi connectivity index (χ3n) is 2.39. The Hall–Kier alpha value is -0.610. The van der Waals surface area contributed by atoms with E-state index in [1.54, 1.807) is 0 Å². The standard InChI is InChI=1S/C13H21BrN2O/c1-9-11(14)5-6-12(16-9)15-8-10(17)7-13(2,3)4/h5-6,10,17H,7-8H2,1-4H3,(H,15,16). The number of aliphatic hydroxyl groups excluding tert-OH is 1. The molecule has 0 aliphatic rings. The van der Waals surface area contributed by atoms with E-state index in [-0.39, 0.29) is 11.5 Å². The highest BCUT2D eigenvalue weighted by Gasteiger charge is 2.16. The first-order chi connectivity index (χ1) is 7.78. The molecular weight excluding hydrogens is 280 g/mol. The van der Waals surface area contributed by atoms with Crippen LogP contribution in [0.3, 0.4) is 0 Å². The summed E-state index contributed by atoms with van der Waals surface area (Å²) in [5.41, 5.74) is 1.09. The van der Waals surface area contributed by atoms with Gasteiger partial charge < -0.3 is 10.4 Å². The predicted octanol–water partition coefficient (Wildman–Crippen LogP) is 3.36. The summed E-state index contributed by atoms with van der Waals surface area (Å²) in [5.74, 6) is 0.804. The van der Waals surface area contributed by atoms with Gasteiger partial charge in [0.1, 0.15) is 5.82 Å². The van der Waals surface area contributed by atoms with Crippen molar-refractivity contribution in [3.63, 3.8) is 0 Å². The van der Waals surface area contributed by atoms with Crippen LogP contribution in [0.25, 0.3) is 0 Å². The van der Waals surface area contributed by atoms with Gasteiger partial charge >= 0.3 is 0 Å². The summed E-state index contributed by atoms with van der Waals surface area (Å²) in [6, 6.07) is 3.86. The fourth-order valence-corrected chi connectivity index (χ4v) is 1.86. The van der Waals surface area contributed by atoms with Crippen LogP contribution in [0.2, 0.25) is 0 Å². The Balaban J connectivity index is 2.47. The van der Waals surface area contributed by atoms with E-state index in [1.807, 2.05) is 19.1 Å². The maximum atomic E-state index is 9.87. The monoisotopic (exact) mass is 300 g/mol. The number of aromatic nitrogens is 1. The molecule has 0 amide bonds. The van der Waals surface area contributed by atoms with Crippen molar-refractivity contribution in [1.29, 1.82) is 0 Å². The van der Waals surface area contributed by atoms with Gasteiger partial charge in [0.05, 0.1) is 11.8 Å². The molecule has 3 nitrogen and oxygen atoms in total. The number of rotatable bonds is 4. The van der Waals surface area contributed by atoms with Gasteiger partial charge in [-0.05, 0) is 46.8 Å². The van der Waals surface area contributed by atoms with Gasteiger partial charge in [-0.2, -0.15) is 0 Å². The number of pyridine rings is 1. The Morgan fingerprint density at radius 3 is 2.59 bits per heavy atom. The van der Waals surface area contributed by atoms with E-state index in [0.29, 0.717) is 6.54 Å². The number of nitrogens with one attached hydrogen (secondary N) is 1. The van der Waals surface area contributed by atoms with E-state index in [2.05, 4.69) is 47.0 Å². The van der Waals surface area contributed by atoms with Crippen molar-refractivity contribution in [1.82, 2.24) is 4.98 Å². The van der Waals surface area contributed by atoms with Crippen LogP contribution in [0.4, 0.5) is 5.82 Å². The van der Waals surface area contributed by atoms with E-state index in [9.17, 15) is 5.11 Å². The molecule has 0 bridgehead atoms. The number of hydrogen-bond donors (Lipinski definition) is 2. The molecule has 0 spiro atoms. The van der Waals surface area contributed by atoms with Gasteiger partial charge in [-0.15, -0.1) is 0 Å². The molecule has 0 aliphatic carbocycles. The van der Waals surface area contributed by atoms with Crippen LogP contribution in [0.5, 0.6) is 0 Å². The first kappa shape index (κ1) is 14.5. The van der Waals surface area contributed by atoms with Gasteiger partial charge in [0.25, 0.3) is 0 Å². The summed E-state index contributed by atoms with van der Waals surface area (Å²) in [6.45, 7) is 8.85. The molecule has 0 aliphatic heterocycles. The van der Waals surface area contributed by atoms with E-state index in [1.165, 1.54) is 0 Å². The second-order valence-corrected chi connectivity index (χ2v) is 6.42.